The average Bonchev–Trinajstić information content (AvgIpc) is 2.53. The van der Waals surface area contributed by atoms with E-state index in [9.17, 15) is 0 Å². The molecule has 0 aliphatic carbocycles. The van der Waals surface area contributed by atoms with E-state index in [4.69, 9.17) is 20.5 Å². The van der Waals surface area contributed by atoms with Crippen LogP contribution in [0.5, 0.6) is 11.5 Å². The lowest BCUT2D eigenvalue weighted by Gasteiger charge is -2.12. The lowest BCUT2D eigenvalue weighted by molar-refractivity contribution is 0.283. The predicted molar refractivity (Wildman–Crippen MR) is 79.0 cm³/mol. The third-order valence-corrected chi connectivity index (χ3v) is 3.04. The van der Waals surface area contributed by atoms with Crippen LogP contribution >= 0.6 is 0 Å². The van der Waals surface area contributed by atoms with E-state index in [1.165, 1.54) is 0 Å². The van der Waals surface area contributed by atoms with Gasteiger partial charge >= 0.3 is 0 Å². The molecule has 0 amide bonds. The van der Waals surface area contributed by atoms with Crippen LogP contribution in [0.15, 0.2) is 36.5 Å². The molecule has 5 nitrogen and oxygen atoms in total. The normalized spacial score (nSPS) is 9.95. The average molecular weight is 283 g/mol. The fraction of sp³-hybridized carbons (Fsp3) is 0.250. The number of aromatic nitrogens is 1. The molecule has 0 aliphatic rings. The van der Waals surface area contributed by atoms with Crippen molar-refractivity contribution in [3.05, 3.63) is 53.3 Å². The molecule has 5 heteroatoms. The zero-order valence-corrected chi connectivity index (χ0v) is 11.9. The van der Waals surface area contributed by atoms with E-state index >= 15 is 0 Å². The number of pyridine rings is 1. The molecule has 0 saturated carbocycles. The highest BCUT2D eigenvalue weighted by molar-refractivity contribution is 5.43. The van der Waals surface area contributed by atoms with Crippen LogP contribution in [-0.4, -0.2) is 18.6 Å². The molecule has 0 atom stereocenters. The molecule has 2 N–H and O–H groups in total. The Morgan fingerprint density at radius 2 is 2.14 bits per heavy atom. The lowest BCUT2D eigenvalue weighted by Crippen LogP contribution is -2.04. The topological polar surface area (TPSA) is 81.2 Å². The molecule has 2 aromatic rings. The van der Waals surface area contributed by atoms with Crippen LogP contribution in [-0.2, 0) is 13.0 Å². The highest BCUT2D eigenvalue weighted by Gasteiger charge is 2.08. The van der Waals surface area contributed by atoms with Gasteiger partial charge in [-0.1, -0.05) is 12.1 Å². The van der Waals surface area contributed by atoms with Crippen LogP contribution < -0.4 is 15.2 Å². The molecule has 0 radical (unpaired) electrons. The largest absolute Gasteiger partial charge is 0.493 e. The Hall–Kier alpha value is -2.58. The summed E-state index contributed by atoms with van der Waals surface area (Å²) in [7, 11) is 1.59. The minimum absolute atomic E-state index is 0.263. The zero-order chi connectivity index (χ0) is 15.1. The maximum Gasteiger partial charge on any atom is 0.161 e. The van der Waals surface area contributed by atoms with Gasteiger partial charge in [-0.05, 0) is 36.7 Å². The monoisotopic (exact) mass is 283 g/mol. The smallest absolute Gasteiger partial charge is 0.161 e. The van der Waals surface area contributed by atoms with Gasteiger partial charge in [0.2, 0.25) is 0 Å². The molecule has 2 rings (SSSR count). The number of ether oxygens (including phenoxy) is 2. The summed E-state index contributed by atoms with van der Waals surface area (Å²) >= 11 is 0. The molecule has 21 heavy (non-hydrogen) atoms. The summed E-state index contributed by atoms with van der Waals surface area (Å²) in [5, 5.41) is 9.02. The first-order valence-corrected chi connectivity index (χ1v) is 6.62. The second-order valence-corrected chi connectivity index (χ2v) is 4.44. The van der Waals surface area contributed by atoms with Gasteiger partial charge in [0, 0.05) is 11.8 Å². The van der Waals surface area contributed by atoms with Crippen molar-refractivity contribution in [3.8, 4) is 17.6 Å². The highest BCUT2D eigenvalue weighted by atomic mass is 16.5. The van der Waals surface area contributed by atoms with E-state index in [0.717, 1.165) is 17.5 Å². The van der Waals surface area contributed by atoms with E-state index in [1.807, 2.05) is 24.3 Å². The Morgan fingerprint density at radius 3 is 2.86 bits per heavy atom. The number of nitrogens with two attached hydrogens (primary N) is 1. The van der Waals surface area contributed by atoms with E-state index < -0.39 is 0 Å². The second-order valence-electron chi connectivity index (χ2n) is 4.44. The van der Waals surface area contributed by atoms with Gasteiger partial charge in [0.25, 0.3) is 0 Å². The van der Waals surface area contributed by atoms with Crippen molar-refractivity contribution in [2.75, 3.05) is 13.7 Å². The van der Waals surface area contributed by atoms with Gasteiger partial charge < -0.3 is 15.2 Å². The van der Waals surface area contributed by atoms with Crippen LogP contribution in [0, 0.1) is 11.3 Å². The van der Waals surface area contributed by atoms with Crippen LogP contribution in [0.4, 0.5) is 0 Å². The van der Waals surface area contributed by atoms with Crippen molar-refractivity contribution in [1.82, 2.24) is 4.98 Å². The van der Waals surface area contributed by atoms with E-state index in [2.05, 4.69) is 11.1 Å². The third-order valence-electron chi connectivity index (χ3n) is 3.04. The zero-order valence-electron chi connectivity index (χ0n) is 11.9. The maximum absolute atomic E-state index is 9.02. The fourth-order valence-electron chi connectivity index (χ4n) is 1.97. The van der Waals surface area contributed by atoms with Crippen molar-refractivity contribution >= 4 is 0 Å². The van der Waals surface area contributed by atoms with Gasteiger partial charge in [0.1, 0.15) is 18.4 Å². The lowest BCUT2D eigenvalue weighted by atomic mass is 10.1. The molecule has 1 aromatic heterocycles. The summed E-state index contributed by atoms with van der Waals surface area (Å²) in [6.45, 7) is 0.839. The van der Waals surface area contributed by atoms with Gasteiger partial charge in [-0.3, -0.25) is 0 Å². The summed E-state index contributed by atoms with van der Waals surface area (Å²) in [4.78, 5) is 4.01. The molecular weight excluding hydrogens is 266 g/mol. The first kappa shape index (κ1) is 14.8. The summed E-state index contributed by atoms with van der Waals surface area (Å²) in [6.07, 6.45) is 2.36. The van der Waals surface area contributed by atoms with E-state index in [-0.39, 0.29) is 6.61 Å². The van der Waals surface area contributed by atoms with Crippen LogP contribution in [0.3, 0.4) is 0 Å². The van der Waals surface area contributed by atoms with Crippen LogP contribution in [0.2, 0.25) is 0 Å². The minimum atomic E-state index is 0.263. The Morgan fingerprint density at radius 1 is 1.29 bits per heavy atom. The van der Waals surface area contributed by atoms with Crippen molar-refractivity contribution in [3.63, 3.8) is 0 Å². The van der Waals surface area contributed by atoms with Crippen LogP contribution in [0.1, 0.15) is 16.8 Å². The number of hydrogen-bond donors (Lipinski definition) is 1. The van der Waals surface area contributed by atoms with Crippen LogP contribution in [0.25, 0.3) is 0 Å². The molecule has 0 spiro atoms. The molecular formula is C16H17N3O2. The maximum atomic E-state index is 9.02. The molecule has 1 heterocycles. The van der Waals surface area contributed by atoms with Gasteiger partial charge in [-0.15, -0.1) is 0 Å². The number of methoxy groups -OCH3 is 1. The number of nitriles is 1. The predicted octanol–water partition coefficient (Wildman–Crippen LogP) is 2.04. The van der Waals surface area contributed by atoms with Gasteiger partial charge in [0.05, 0.1) is 7.11 Å². The molecule has 0 fully saturated rings. The van der Waals surface area contributed by atoms with Crippen molar-refractivity contribution < 1.29 is 9.47 Å². The molecule has 0 unspecified atom stereocenters. The molecule has 0 aliphatic heterocycles. The third kappa shape index (κ3) is 3.71. The number of hydrogen-bond acceptors (Lipinski definition) is 5. The molecule has 1 aromatic carbocycles. The molecule has 0 bridgehead atoms. The molecule has 108 valence electrons. The SMILES string of the molecule is COc1ccc(CCN)cc1OCc1cccnc1C#N. The quantitative estimate of drug-likeness (QED) is 0.877. The van der Waals surface area contributed by atoms with Crippen molar-refractivity contribution in [2.24, 2.45) is 5.73 Å². The number of benzene rings is 1. The highest BCUT2D eigenvalue weighted by Crippen LogP contribution is 2.29. The van der Waals surface area contributed by atoms with Crippen molar-refractivity contribution in [2.45, 2.75) is 13.0 Å². The van der Waals surface area contributed by atoms with Gasteiger partial charge in [-0.25, -0.2) is 4.98 Å². The summed E-state index contributed by atoms with van der Waals surface area (Å²) in [5.41, 5.74) is 7.76. The van der Waals surface area contributed by atoms with Crippen molar-refractivity contribution in [1.29, 1.82) is 5.26 Å². The summed E-state index contributed by atoms with van der Waals surface area (Å²) in [6, 6.07) is 11.4. The number of nitrogens with zero attached hydrogens (tertiary/aromatic N) is 2. The van der Waals surface area contributed by atoms with E-state index in [0.29, 0.717) is 23.7 Å². The molecule has 0 saturated heterocycles. The Bertz CT molecular complexity index is 650. The standard InChI is InChI=1S/C16H17N3O2/c1-20-15-5-4-12(6-7-17)9-16(15)21-11-13-3-2-8-19-14(13)10-18/h2-5,8-9H,6-7,11,17H2,1H3. The Labute approximate surface area is 123 Å². The van der Waals surface area contributed by atoms with Gasteiger partial charge in [0.15, 0.2) is 11.5 Å². The fourth-order valence-corrected chi connectivity index (χ4v) is 1.97. The Balaban J connectivity index is 2.18. The summed E-state index contributed by atoms with van der Waals surface area (Å²) in [5.74, 6) is 1.29. The Kier molecular flexibility index (Phi) is 5.13. The minimum Gasteiger partial charge on any atom is -0.493 e. The first-order chi connectivity index (χ1) is 10.3. The van der Waals surface area contributed by atoms with Gasteiger partial charge in [-0.2, -0.15) is 5.26 Å². The second kappa shape index (κ2) is 7.27. The summed E-state index contributed by atoms with van der Waals surface area (Å²) < 4.78 is 11.1. The first-order valence-electron chi connectivity index (χ1n) is 6.62. The van der Waals surface area contributed by atoms with E-state index in [1.54, 1.807) is 19.4 Å². The number of rotatable bonds is 6.